The Morgan fingerprint density at radius 1 is 1.40 bits per heavy atom. The van der Waals surface area contributed by atoms with Crippen LogP contribution in [0, 0.1) is 6.92 Å². The maximum absolute atomic E-state index is 12.1. The summed E-state index contributed by atoms with van der Waals surface area (Å²) in [6, 6.07) is 6.23. The Hall–Kier alpha value is -1.39. The lowest BCUT2D eigenvalue weighted by Crippen LogP contribution is -2.28. The molecule has 1 aliphatic rings. The third-order valence-electron chi connectivity index (χ3n) is 3.90. The number of ether oxygens (including phenoxy) is 1. The zero-order chi connectivity index (χ0) is 14.4. The van der Waals surface area contributed by atoms with Crippen LogP contribution in [0.25, 0.3) is 0 Å². The molecule has 20 heavy (non-hydrogen) atoms. The molecule has 4 nitrogen and oxygen atoms in total. The SMILES string of the molecule is COCCNC(=O)c1ccc(C2CCNCC2)cc1C. The molecule has 1 fully saturated rings. The quantitative estimate of drug-likeness (QED) is 0.807. The Labute approximate surface area is 120 Å². The number of benzene rings is 1. The molecule has 1 aliphatic heterocycles. The first-order valence-electron chi connectivity index (χ1n) is 7.30. The minimum Gasteiger partial charge on any atom is -0.383 e. The van der Waals surface area contributed by atoms with Gasteiger partial charge in [0.15, 0.2) is 0 Å². The first kappa shape index (κ1) is 15.0. The molecular weight excluding hydrogens is 252 g/mol. The predicted octanol–water partition coefficient (Wildman–Crippen LogP) is 1.84. The zero-order valence-electron chi connectivity index (χ0n) is 12.4. The monoisotopic (exact) mass is 276 g/mol. The Morgan fingerprint density at radius 2 is 2.15 bits per heavy atom. The van der Waals surface area contributed by atoms with Gasteiger partial charge in [0, 0.05) is 19.2 Å². The highest BCUT2D eigenvalue weighted by atomic mass is 16.5. The summed E-state index contributed by atoms with van der Waals surface area (Å²) in [6.45, 7) is 5.27. The van der Waals surface area contributed by atoms with E-state index >= 15 is 0 Å². The molecule has 1 saturated heterocycles. The second-order valence-electron chi connectivity index (χ2n) is 5.35. The average molecular weight is 276 g/mol. The van der Waals surface area contributed by atoms with Gasteiger partial charge in [-0.3, -0.25) is 4.79 Å². The number of hydrogen-bond acceptors (Lipinski definition) is 3. The molecule has 0 saturated carbocycles. The third-order valence-corrected chi connectivity index (χ3v) is 3.90. The lowest BCUT2D eigenvalue weighted by atomic mass is 9.88. The Balaban J connectivity index is 2.03. The topological polar surface area (TPSA) is 50.4 Å². The molecule has 0 bridgehead atoms. The number of carbonyl (C=O) groups excluding carboxylic acids is 1. The molecular formula is C16H24N2O2. The van der Waals surface area contributed by atoms with Gasteiger partial charge in [0.1, 0.15) is 0 Å². The zero-order valence-corrected chi connectivity index (χ0v) is 12.4. The van der Waals surface area contributed by atoms with Crippen molar-refractivity contribution in [3.05, 3.63) is 34.9 Å². The second kappa shape index (κ2) is 7.41. The average Bonchev–Trinajstić information content (AvgIpc) is 2.48. The lowest BCUT2D eigenvalue weighted by Gasteiger charge is -2.23. The highest BCUT2D eigenvalue weighted by Gasteiger charge is 2.17. The fourth-order valence-electron chi connectivity index (χ4n) is 2.71. The minimum atomic E-state index is -0.0172. The fourth-order valence-corrected chi connectivity index (χ4v) is 2.71. The number of aryl methyl sites for hydroxylation is 1. The van der Waals surface area contributed by atoms with Gasteiger partial charge in [-0.1, -0.05) is 12.1 Å². The molecule has 0 unspecified atom stereocenters. The van der Waals surface area contributed by atoms with Crippen LogP contribution in [0.4, 0.5) is 0 Å². The van der Waals surface area contributed by atoms with Gasteiger partial charge in [0.05, 0.1) is 6.61 Å². The lowest BCUT2D eigenvalue weighted by molar-refractivity contribution is 0.0936. The molecule has 1 heterocycles. The maximum Gasteiger partial charge on any atom is 0.251 e. The molecule has 1 aromatic carbocycles. The minimum absolute atomic E-state index is 0.0172. The van der Waals surface area contributed by atoms with Gasteiger partial charge in [-0.25, -0.2) is 0 Å². The van der Waals surface area contributed by atoms with Gasteiger partial charge in [-0.05, 0) is 56.0 Å². The summed E-state index contributed by atoms with van der Waals surface area (Å²) < 4.78 is 4.94. The van der Waals surface area contributed by atoms with Crippen molar-refractivity contribution < 1.29 is 9.53 Å². The smallest absolute Gasteiger partial charge is 0.251 e. The number of carbonyl (C=O) groups is 1. The van der Waals surface area contributed by atoms with E-state index in [2.05, 4.69) is 22.8 Å². The predicted molar refractivity (Wildman–Crippen MR) is 80.2 cm³/mol. The summed E-state index contributed by atoms with van der Waals surface area (Å²) in [5, 5.41) is 6.25. The molecule has 4 heteroatoms. The normalized spacial score (nSPS) is 16.1. The van der Waals surface area contributed by atoms with E-state index in [1.54, 1.807) is 7.11 Å². The van der Waals surface area contributed by atoms with E-state index in [0.717, 1.165) is 24.2 Å². The van der Waals surface area contributed by atoms with Crippen LogP contribution in [0.2, 0.25) is 0 Å². The summed E-state index contributed by atoms with van der Waals surface area (Å²) in [4.78, 5) is 12.1. The Morgan fingerprint density at radius 3 is 2.80 bits per heavy atom. The number of methoxy groups -OCH3 is 1. The largest absolute Gasteiger partial charge is 0.383 e. The van der Waals surface area contributed by atoms with Crippen LogP contribution in [0.3, 0.4) is 0 Å². The van der Waals surface area contributed by atoms with Crippen molar-refractivity contribution in [3.8, 4) is 0 Å². The van der Waals surface area contributed by atoms with Crippen molar-refractivity contribution in [1.82, 2.24) is 10.6 Å². The van der Waals surface area contributed by atoms with Crippen molar-refractivity contribution in [1.29, 1.82) is 0 Å². The van der Waals surface area contributed by atoms with Crippen molar-refractivity contribution >= 4 is 5.91 Å². The van der Waals surface area contributed by atoms with E-state index in [1.807, 2.05) is 13.0 Å². The van der Waals surface area contributed by atoms with Crippen LogP contribution in [0.5, 0.6) is 0 Å². The maximum atomic E-state index is 12.1. The highest BCUT2D eigenvalue weighted by molar-refractivity contribution is 5.95. The summed E-state index contributed by atoms with van der Waals surface area (Å²) in [5.74, 6) is 0.608. The van der Waals surface area contributed by atoms with Crippen LogP contribution < -0.4 is 10.6 Å². The van der Waals surface area contributed by atoms with Gasteiger partial charge in [-0.15, -0.1) is 0 Å². The van der Waals surface area contributed by atoms with Crippen LogP contribution in [0.1, 0.15) is 40.2 Å². The number of rotatable bonds is 5. The molecule has 0 spiro atoms. The number of hydrogen-bond donors (Lipinski definition) is 2. The molecule has 110 valence electrons. The van der Waals surface area contributed by atoms with Crippen molar-refractivity contribution in [2.24, 2.45) is 0 Å². The Bertz CT molecular complexity index is 454. The van der Waals surface area contributed by atoms with Gasteiger partial charge in [-0.2, -0.15) is 0 Å². The van der Waals surface area contributed by atoms with Gasteiger partial charge < -0.3 is 15.4 Å². The second-order valence-corrected chi connectivity index (χ2v) is 5.35. The van der Waals surface area contributed by atoms with Crippen molar-refractivity contribution in [3.63, 3.8) is 0 Å². The number of amides is 1. The van der Waals surface area contributed by atoms with Crippen LogP contribution >= 0.6 is 0 Å². The first-order valence-corrected chi connectivity index (χ1v) is 7.30. The third kappa shape index (κ3) is 3.81. The van der Waals surface area contributed by atoms with Gasteiger partial charge >= 0.3 is 0 Å². The van der Waals surface area contributed by atoms with Crippen LogP contribution in [-0.2, 0) is 4.74 Å². The summed E-state index contributed by atoms with van der Waals surface area (Å²) in [6.07, 6.45) is 2.36. The van der Waals surface area contributed by atoms with Crippen LogP contribution in [-0.4, -0.2) is 39.3 Å². The molecule has 2 rings (SSSR count). The Kier molecular flexibility index (Phi) is 5.56. The molecule has 0 radical (unpaired) electrons. The van der Waals surface area contributed by atoms with E-state index in [0.29, 0.717) is 19.1 Å². The van der Waals surface area contributed by atoms with Crippen molar-refractivity contribution in [2.75, 3.05) is 33.4 Å². The number of piperidine rings is 1. The molecule has 1 amide bonds. The highest BCUT2D eigenvalue weighted by Crippen LogP contribution is 2.26. The first-order chi connectivity index (χ1) is 9.72. The summed E-state index contributed by atoms with van der Waals surface area (Å²) >= 11 is 0. The van der Waals surface area contributed by atoms with Gasteiger partial charge in [0.25, 0.3) is 5.91 Å². The van der Waals surface area contributed by atoms with E-state index in [9.17, 15) is 4.79 Å². The van der Waals surface area contributed by atoms with Gasteiger partial charge in [0.2, 0.25) is 0 Å². The molecule has 0 aliphatic carbocycles. The fraction of sp³-hybridized carbons (Fsp3) is 0.562. The standard InChI is InChI=1S/C16H24N2O2/c1-12-11-14(13-5-7-17-8-6-13)3-4-15(12)16(19)18-9-10-20-2/h3-4,11,13,17H,5-10H2,1-2H3,(H,18,19). The molecule has 0 aromatic heterocycles. The number of nitrogens with one attached hydrogen (secondary N) is 2. The van der Waals surface area contributed by atoms with Crippen molar-refractivity contribution in [2.45, 2.75) is 25.7 Å². The molecule has 0 atom stereocenters. The van der Waals surface area contributed by atoms with Crippen LogP contribution in [0.15, 0.2) is 18.2 Å². The van der Waals surface area contributed by atoms with E-state index in [-0.39, 0.29) is 5.91 Å². The molecule has 2 N–H and O–H groups in total. The van der Waals surface area contributed by atoms with E-state index < -0.39 is 0 Å². The van der Waals surface area contributed by atoms with E-state index in [4.69, 9.17) is 4.74 Å². The summed E-state index contributed by atoms with van der Waals surface area (Å²) in [7, 11) is 1.63. The van der Waals surface area contributed by atoms with E-state index in [1.165, 1.54) is 18.4 Å². The molecule has 1 aromatic rings. The summed E-state index contributed by atoms with van der Waals surface area (Å²) in [5.41, 5.74) is 3.17.